The van der Waals surface area contributed by atoms with Gasteiger partial charge in [0.05, 0.1) is 6.10 Å². The first-order chi connectivity index (χ1) is 3.35. The number of hydrogen-bond acceptors (Lipinski definition) is 2. The Kier molecular flexibility index (Phi) is 4.67. The van der Waals surface area contributed by atoms with E-state index in [1.54, 1.807) is 7.11 Å². The number of rotatable bonds is 3. The van der Waals surface area contributed by atoms with E-state index >= 15 is 0 Å². The van der Waals surface area contributed by atoms with E-state index in [9.17, 15) is 0 Å². The lowest BCUT2D eigenvalue weighted by Crippen LogP contribution is -2.09. The van der Waals surface area contributed by atoms with E-state index in [0.29, 0.717) is 6.10 Å². The molecule has 0 spiro atoms. The molecule has 0 unspecified atom stereocenters. The van der Waals surface area contributed by atoms with Crippen molar-refractivity contribution >= 4 is 12.6 Å². The summed E-state index contributed by atoms with van der Waals surface area (Å²) < 4.78 is 4.97. The molecule has 0 heterocycles. The summed E-state index contributed by atoms with van der Waals surface area (Å²) in [6.07, 6.45) is 1.41. The van der Waals surface area contributed by atoms with Crippen molar-refractivity contribution in [3.8, 4) is 0 Å². The molecule has 0 bridgehead atoms. The van der Waals surface area contributed by atoms with E-state index in [-0.39, 0.29) is 0 Å². The van der Waals surface area contributed by atoms with Crippen LogP contribution in [0, 0.1) is 0 Å². The number of thiol groups is 1. The summed E-state index contributed by atoms with van der Waals surface area (Å²) in [5.74, 6) is 0.826. The Labute approximate surface area is 50.5 Å². The van der Waals surface area contributed by atoms with Crippen molar-refractivity contribution < 1.29 is 4.74 Å². The number of methoxy groups -OCH3 is 1. The van der Waals surface area contributed by atoms with Gasteiger partial charge in [-0.1, -0.05) is 6.92 Å². The molecule has 7 heavy (non-hydrogen) atoms. The Morgan fingerprint density at radius 3 is 2.29 bits per heavy atom. The molecule has 0 aliphatic rings. The molecule has 0 aromatic heterocycles. The first-order valence-electron chi connectivity index (χ1n) is 2.48. The van der Waals surface area contributed by atoms with Gasteiger partial charge in [0, 0.05) is 12.9 Å². The smallest absolute Gasteiger partial charge is 0.0656 e. The van der Waals surface area contributed by atoms with Gasteiger partial charge in [-0.25, -0.2) is 0 Å². The van der Waals surface area contributed by atoms with E-state index in [0.717, 1.165) is 12.2 Å². The Morgan fingerprint density at radius 2 is 2.29 bits per heavy atom. The first kappa shape index (κ1) is 7.31. The molecule has 1 nitrogen and oxygen atoms in total. The van der Waals surface area contributed by atoms with Crippen molar-refractivity contribution in [2.45, 2.75) is 19.4 Å². The molecular weight excluding hydrogens is 108 g/mol. The van der Waals surface area contributed by atoms with E-state index in [2.05, 4.69) is 19.6 Å². The third-order valence-corrected chi connectivity index (χ3v) is 1.40. The topological polar surface area (TPSA) is 9.23 Å². The SMILES string of the molecule is CC[C@@H](CS)OC. The highest BCUT2D eigenvalue weighted by molar-refractivity contribution is 7.80. The van der Waals surface area contributed by atoms with Crippen molar-refractivity contribution in [2.75, 3.05) is 12.9 Å². The summed E-state index contributed by atoms with van der Waals surface area (Å²) >= 11 is 4.05. The zero-order valence-electron chi connectivity index (χ0n) is 4.85. The molecule has 0 aliphatic heterocycles. The van der Waals surface area contributed by atoms with Gasteiger partial charge in [-0.2, -0.15) is 12.6 Å². The van der Waals surface area contributed by atoms with Crippen molar-refractivity contribution in [2.24, 2.45) is 0 Å². The van der Waals surface area contributed by atoms with Crippen LogP contribution in [0.2, 0.25) is 0 Å². The Bertz CT molecular complexity index is 29.6. The van der Waals surface area contributed by atoms with Crippen LogP contribution in [0.5, 0.6) is 0 Å². The molecule has 0 saturated heterocycles. The van der Waals surface area contributed by atoms with Gasteiger partial charge in [0.15, 0.2) is 0 Å². The fourth-order valence-corrected chi connectivity index (χ4v) is 0.778. The van der Waals surface area contributed by atoms with Crippen LogP contribution in [0.3, 0.4) is 0 Å². The lowest BCUT2D eigenvalue weighted by Gasteiger charge is -2.06. The van der Waals surface area contributed by atoms with Gasteiger partial charge in [-0.3, -0.25) is 0 Å². The van der Waals surface area contributed by atoms with Crippen LogP contribution in [0.15, 0.2) is 0 Å². The third-order valence-electron chi connectivity index (χ3n) is 0.992. The van der Waals surface area contributed by atoms with Crippen LogP contribution in [-0.2, 0) is 4.74 Å². The molecule has 0 aromatic rings. The Morgan fingerprint density at radius 1 is 1.71 bits per heavy atom. The second kappa shape index (κ2) is 4.47. The highest BCUT2D eigenvalue weighted by atomic mass is 32.1. The largest absolute Gasteiger partial charge is 0.381 e. The van der Waals surface area contributed by atoms with Crippen LogP contribution in [-0.4, -0.2) is 19.0 Å². The lowest BCUT2D eigenvalue weighted by atomic mass is 10.3. The summed E-state index contributed by atoms with van der Waals surface area (Å²) in [6, 6.07) is 0. The molecule has 0 aromatic carbocycles. The Balaban J connectivity index is 2.99. The zero-order chi connectivity index (χ0) is 5.70. The Hall–Kier alpha value is 0.310. The molecule has 0 fully saturated rings. The molecule has 0 aliphatic carbocycles. The molecule has 0 rings (SSSR count). The third kappa shape index (κ3) is 2.94. The molecule has 0 radical (unpaired) electrons. The molecule has 0 saturated carbocycles. The number of ether oxygens (including phenoxy) is 1. The normalized spacial score (nSPS) is 14.1. The molecular formula is C5H12OS. The van der Waals surface area contributed by atoms with E-state index in [1.807, 2.05) is 0 Å². The maximum Gasteiger partial charge on any atom is 0.0656 e. The molecule has 44 valence electrons. The van der Waals surface area contributed by atoms with Crippen LogP contribution in [0.25, 0.3) is 0 Å². The fourth-order valence-electron chi connectivity index (χ4n) is 0.370. The predicted octanol–water partition coefficient (Wildman–Crippen LogP) is 1.34. The fraction of sp³-hybridized carbons (Fsp3) is 1.00. The summed E-state index contributed by atoms with van der Waals surface area (Å²) in [5, 5.41) is 0. The number of hydrogen-bond donors (Lipinski definition) is 1. The molecule has 0 amide bonds. The second-order valence-corrected chi connectivity index (χ2v) is 1.81. The van der Waals surface area contributed by atoms with Gasteiger partial charge < -0.3 is 4.74 Å². The minimum absolute atomic E-state index is 0.350. The molecule has 0 N–H and O–H groups in total. The van der Waals surface area contributed by atoms with Gasteiger partial charge in [0.1, 0.15) is 0 Å². The van der Waals surface area contributed by atoms with Crippen LogP contribution >= 0.6 is 12.6 Å². The van der Waals surface area contributed by atoms with Gasteiger partial charge in [0.25, 0.3) is 0 Å². The van der Waals surface area contributed by atoms with Gasteiger partial charge in [-0.05, 0) is 6.42 Å². The standard InChI is InChI=1S/C5H12OS/c1-3-5(4-7)6-2/h5,7H,3-4H2,1-2H3/t5-/m0/s1. The summed E-state index contributed by atoms with van der Waals surface area (Å²) in [7, 11) is 1.71. The first-order valence-corrected chi connectivity index (χ1v) is 3.12. The van der Waals surface area contributed by atoms with Crippen molar-refractivity contribution in [3.05, 3.63) is 0 Å². The minimum Gasteiger partial charge on any atom is -0.381 e. The maximum absolute atomic E-state index is 4.97. The van der Waals surface area contributed by atoms with Crippen molar-refractivity contribution in [1.29, 1.82) is 0 Å². The average Bonchev–Trinajstić information content (AvgIpc) is 1.72. The highest BCUT2D eigenvalue weighted by Crippen LogP contribution is 1.96. The summed E-state index contributed by atoms with van der Waals surface area (Å²) in [4.78, 5) is 0. The van der Waals surface area contributed by atoms with Gasteiger partial charge in [0.2, 0.25) is 0 Å². The molecule has 1 atom stereocenters. The van der Waals surface area contributed by atoms with Gasteiger partial charge >= 0.3 is 0 Å². The zero-order valence-corrected chi connectivity index (χ0v) is 5.74. The molecule has 2 heteroatoms. The van der Waals surface area contributed by atoms with Gasteiger partial charge in [-0.15, -0.1) is 0 Å². The lowest BCUT2D eigenvalue weighted by molar-refractivity contribution is 0.119. The van der Waals surface area contributed by atoms with Crippen molar-refractivity contribution in [3.63, 3.8) is 0 Å². The maximum atomic E-state index is 4.97. The average molecular weight is 120 g/mol. The summed E-state index contributed by atoms with van der Waals surface area (Å²) in [5.41, 5.74) is 0. The van der Waals surface area contributed by atoms with E-state index in [4.69, 9.17) is 4.74 Å². The van der Waals surface area contributed by atoms with E-state index < -0.39 is 0 Å². The highest BCUT2D eigenvalue weighted by Gasteiger charge is 1.96. The quantitative estimate of drug-likeness (QED) is 0.553. The van der Waals surface area contributed by atoms with Crippen LogP contribution in [0.4, 0.5) is 0 Å². The van der Waals surface area contributed by atoms with E-state index in [1.165, 1.54) is 0 Å². The van der Waals surface area contributed by atoms with Crippen molar-refractivity contribution in [1.82, 2.24) is 0 Å². The summed E-state index contributed by atoms with van der Waals surface area (Å²) in [6.45, 7) is 2.09. The van der Waals surface area contributed by atoms with Crippen LogP contribution < -0.4 is 0 Å². The van der Waals surface area contributed by atoms with Crippen LogP contribution in [0.1, 0.15) is 13.3 Å². The second-order valence-electron chi connectivity index (χ2n) is 1.45. The monoisotopic (exact) mass is 120 g/mol. The minimum atomic E-state index is 0.350. The predicted molar refractivity (Wildman–Crippen MR) is 34.9 cm³/mol.